The van der Waals surface area contributed by atoms with Gasteiger partial charge in [0.2, 0.25) is 0 Å². The number of hydrogen-bond donors (Lipinski definition) is 1. The van der Waals surface area contributed by atoms with Crippen LogP contribution < -0.4 is 0 Å². The minimum absolute atomic E-state index is 0.0265. The van der Waals surface area contributed by atoms with E-state index in [1.54, 1.807) is 7.11 Å². The van der Waals surface area contributed by atoms with Crippen LogP contribution in [0.25, 0.3) is 0 Å². The van der Waals surface area contributed by atoms with E-state index < -0.39 is 5.97 Å². The van der Waals surface area contributed by atoms with Gasteiger partial charge < -0.3 is 14.6 Å². The molecular formula is C9H17NO4. The molecule has 5 nitrogen and oxygen atoms in total. The molecule has 1 rings (SSSR count). The molecule has 0 amide bonds. The number of rotatable bonds is 5. The number of nitrogens with zero attached hydrogens (tertiary/aromatic N) is 1. The summed E-state index contributed by atoms with van der Waals surface area (Å²) in [4.78, 5) is 12.7. The second-order valence-electron chi connectivity index (χ2n) is 3.36. The molecule has 1 heterocycles. The fraction of sp³-hybridized carbons (Fsp3) is 0.889. The van der Waals surface area contributed by atoms with Crippen LogP contribution in [-0.4, -0.2) is 62.0 Å². The third-order valence-corrected chi connectivity index (χ3v) is 2.33. The Bertz CT molecular complexity index is 180. The molecule has 0 aromatic carbocycles. The van der Waals surface area contributed by atoms with Gasteiger partial charge in [0, 0.05) is 26.2 Å². The van der Waals surface area contributed by atoms with Gasteiger partial charge in [-0.1, -0.05) is 0 Å². The summed E-state index contributed by atoms with van der Waals surface area (Å²) in [6.07, 6.45) is 0.133. The Morgan fingerprint density at radius 3 is 2.71 bits per heavy atom. The van der Waals surface area contributed by atoms with Crippen molar-refractivity contribution in [2.24, 2.45) is 0 Å². The van der Waals surface area contributed by atoms with Crippen molar-refractivity contribution < 1.29 is 19.4 Å². The van der Waals surface area contributed by atoms with Crippen molar-refractivity contribution in [1.29, 1.82) is 0 Å². The van der Waals surface area contributed by atoms with E-state index in [9.17, 15) is 4.79 Å². The van der Waals surface area contributed by atoms with Crippen LogP contribution >= 0.6 is 0 Å². The number of hydrogen-bond acceptors (Lipinski definition) is 4. The molecule has 5 heteroatoms. The first-order valence-electron chi connectivity index (χ1n) is 4.76. The SMILES string of the molecule is COCC(CC(=O)O)N1CCOCC1. The smallest absolute Gasteiger partial charge is 0.305 e. The molecule has 1 unspecified atom stereocenters. The zero-order chi connectivity index (χ0) is 10.4. The van der Waals surface area contributed by atoms with E-state index in [1.807, 2.05) is 0 Å². The highest BCUT2D eigenvalue weighted by molar-refractivity contribution is 5.67. The van der Waals surface area contributed by atoms with E-state index in [0.717, 1.165) is 13.1 Å². The Hall–Kier alpha value is -0.650. The minimum Gasteiger partial charge on any atom is -0.481 e. The van der Waals surface area contributed by atoms with Crippen molar-refractivity contribution in [3.05, 3.63) is 0 Å². The summed E-state index contributed by atoms with van der Waals surface area (Å²) in [5.74, 6) is -0.779. The highest BCUT2D eigenvalue weighted by Gasteiger charge is 2.22. The van der Waals surface area contributed by atoms with Gasteiger partial charge in [0.05, 0.1) is 26.2 Å². The lowest BCUT2D eigenvalue weighted by atomic mass is 10.2. The lowest BCUT2D eigenvalue weighted by Gasteiger charge is -2.33. The predicted molar refractivity (Wildman–Crippen MR) is 50.3 cm³/mol. The second-order valence-corrected chi connectivity index (χ2v) is 3.36. The van der Waals surface area contributed by atoms with Crippen molar-refractivity contribution in [3.8, 4) is 0 Å². The lowest BCUT2D eigenvalue weighted by Crippen LogP contribution is -2.46. The van der Waals surface area contributed by atoms with Crippen LogP contribution in [0.5, 0.6) is 0 Å². The van der Waals surface area contributed by atoms with E-state index >= 15 is 0 Å². The number of carboxylic acids is 1. The Morgan fingerprint density at radius 2 is 2.21 bits per heavy atom. The van der Waals surface area contributed by atoms with E-state index in [1.165, 1.54) is 0 Å². The van der Waals surface area contributed by atoms with Crippen LogP contribution in [0.2, 0.25) is 0 Å². The highest BCUT2D eigenvalue weighted by atomic mass is 16.5. The molecule has 0 aliphatic carbocycles. The molecule has 0 radical (unpaired) electrons. The molecule has 1 saturated heterocycles. The van der Waals surface area contributed by atoms with E-state index in [4.69, 9.17) is 14.6 Å². The molecular weight excluding hydrogens is 186 g/mol. The largest absolute Gasteiger partial charge is 0.481 e. The van der Waals surface area contributed by atoms with E-state index in [-0.39, 0.29) is 12.5 Å². The second kappa shape index (κ2) is 5.95. The van der Waals surface area contributed by atoms with E-state index in [0.29, 0.717) is 19.8 Å². The number of carbonyl (C=O) groups is 1. The lowest BCUT2D eigenvalue weighted by molar-refractivity contribution is -0.139. The molecule has 0 aromatic heterocycles. The summed E-state index contributed by atoms with van der Waals surface area (Å²) in [7, 11) is 1.59. The fourth-order valence-corrected chi connectivity index (χ4v) is 1.63. The number of methoxy groups -OCH3 is 1. The van der Waals surface area contributed by atoms with Crippen molar-refractivity contribution in [3.63, 3.8) is 0 Å². The van der Waals surface area contributed by atoms with E-state index in [2.05, 4.69) is 4.90 Å². The van der Waals surface area contributed by atoms with Gasteiger partial charge in [-0.15, -0.1) is 0 Å². The average Bonchev–Trinajstić information content (AvgIpc) is 2.18. The normalized spacial score (nSPS) is 20.6. The van der Waals surface area contributed by atoms with Gasteiger partial charge in [0.25, 0.3) is 0 Å². The fourth-order valence-electron chi connectivity index (χ4n) is 1.63. The molecule has 0 saturated carbocycles. The zero-order valence-electron chi connectivity index (χ0n) is 8.44. The summed E-state index contributed by atoms with van der Waals surface area (Å²) in [5, 5.41) is 8.73. The predicted octanol–water partition coefficient (Wildman–Crippen LogP) is -0.192. The Morgan fingerprint density at radius 1 is 1.57 bits per heavy atom. The van der Waals surface area contributed by atoms with Crippen molar-refractivity contribution in [2.75, 3.05) is 40.0 Å². The van der Waals surface area contributed by atoms with Gasteiger partial charge in [-0.3, -0.25) is 9.69 Å². The maximum absolute atomic E-state index is 10.6. The van der Waals surface area contributed by atoms with Gasteiger partial charge in [-0.05, 0) is 0 Å². The van der Waals surface area contributed by atoms with Crippen LogP contribution in [-0.2, 0) is 14.3 Å². The number of ether oxygens (including phenoxy) is 2. The van der Waals surface area contributed by atoms with Crippen molar-refractivity contribution >= 4 is 5.97 Å². The summed E-state index contributed by atoms with van der Waals surface area (Å²) in [5.41, 5.74) is 0. The van der Waals surface area contributed by atoms with Crippen LogP contribution in [0.15, 0.2) is 0 Å². The van der Waals surface area contributed by atoms with Crippen LogP contribution in [0.4, 0.5) is 0 Å². The first-order chi connectivity index (χ1) is 6.74. The Balaban J connectivity index is 2.42. The Kier molecular flexibility index (Phi) is 4.86. The van der Waals surface area contributed by atoms with Crippen LogP contribution in [0.3, 0.4) is 0 Å². The zero-order valence-corrected chi connectivity index (χ0v) is 8.44. The third-order valence-electron chi connectivity index (χ3n) is 2.33. The first-order valence-corrected chi connectivity index (χ1v) is 4.76. The summed E-state index contributed by atoms with van der Waals surface area (Å²) < 4.78 is 10.2. The standard InChI is InChI=1S/C9H17NO4/c1-13-7-8(6-9(11)12)10-2-4-14-5-3-10/h8H,2-7H2,1H3,(H,11,12). The minimum atomic E-state index is -0.779. The van der Waals surface area contributed by atoms with Crippen LogP contribution in [0, 0.1) is 0 Å². The van der Waals surface area contributed by atoms with Gasteiger partial charge >= 0.3 is 5.97 Å². The molecule has 1 aliphatic heterocycles. The molecule has 14 heavy (non-hydrogen) atoms. The highest BCUT2D eigenvalue weighted by Crippen LogP contribution is 2.08. The first kappa shape index (κ1) is 11.4. The number of carboxylic acid groups (broad SMARTS) is 1. The van der Waals surface area contributed by atoms with Crippen molar-refractivity contribution in [1.82, 2.24) is 4.90 Å². The average molecular weight is 203 g/mol. The maximum Gasteiger partial charge on any atom is 0.305 e. The van der Waals surface area contributed by atoms with Gasteiger partial charge in [0.15, 0.2) is 0 Å². The summed E-state index contributed by atoms with van der Waals surface area (Å²) >= 11 is 0. The van der Waals surface area contributed by atoms with Gasteiger partial charge in [0.1, 0.15) is 0 Å². The molecule has 1 atom stereocenters. The van der Waals surface area contributed by atoms with Crippen molar-refractivity contribution in [2.45, 2.75) is 12.5 Å². The monoisotopic (exact) mass is 203 g/mol. The molecule has 0 spiro atoms. The molecule has 82 valence electrons. The molecule has 0 bridgehead atoms. The third kappa shape index (κ3) is 3.61. The van der Waals surface area contributed by atoms with Gasteiger partial charge in [-0.2, -0.15) is 0 Å². The topological polar surface area (TPSA) is 59.0 Å². The number of morpholine rings is 1. The molecule has 0 aromatic rings. The summed E-state index contributed by atoms with van der Waals surface area (Å²) in [6.45, 7) is 3.41. The summed E-state index contributed by atoms with van der Waals surface area (Å²) in [6, 6.07) is -0.0265. The maximum atomic E-state index is 10.6. The van der Waals surface area contributed by atoms with Crippen LogP contribution in [0.1, 0.15) is 6.42 Å². The molecule has 1 fully saturated rings. The van der Waals surface area contributed by atoms with Gasteiger partial charge in [-0.25, -0.2) is 0 Å². The molecule has 1 N–H and O–H groups in total. The quantitative estimate of drug-likeness (QED) is 0.671. The molecule has 1 aliphatic rings. The number of aliphatic carboxylic acids is 1. The Labute approximate surface area is 83.6 Å².